The topological polar surface area (TPSA) is 0 Å². The minimum absolute atomic E-state index is 0.874. The average Bonchev–Trinajstić information content (AvgIpc) is 2.37. The summed E-state index contributed by atoms with van der Waals surface area (Å²) in [5.74, 6) is 7.63. The van der Waals surface area contributed by atoms with E-state index in [9.17, 15) is 0 Å². The molecule has 0 unspecified atom stereocenters. The summed E-state index contributed by atoms with van der Waals surface area (Å²) in [6.45, 7) is 0. The quantitative estimate of drug-likeness (QED) is 0.418. The lowest BCUT2D eigenvalue weighted by molar-refractivity contribution is 0.185. The summed E-state index contributed by atoms with van der Waals surface area (Å²) in [7, 11) is 0. The fourth-order valence-corrected chi connectivity index (χ4v) is 5.40. The smallest absolute Gasteiger partial charge is 0.00953 e. The SMILES string of the molecule is SCCC1CC(CCS)CC(CCS)CC(CCS)C1. The summed E-state index contributed by atoms with van der Waals surface area (Å²) in [5.41, 5.74) is 0. The zero-order valence-corrected chi connectivity index (χ0v) is 16.2. The van der Waals surface area contributed by atoms with Crippen LogP contribution in [0.1, 0.15) is 51.4 Å². The summed E-state index contributed by atoms with van der Waals surface area (Å²) < 4.78 is 0. The highest BCUT2D eigenvalue weighted by atomic mass is 32.1. The van der Waals surface area contributed by atoms with E-state index < -0.39 is 0 Å². The van der Waals surface area contributed by atoms with Crippen LogP contribution in [0.4, 0.5) is 0 Å². The normalized spacial score (nSPS) is 31.8. The molecular formula is C16H32S4. The first kappa shape index (κ1) is 19.4. The number of hydrogen-bond donors (Lipinski definition) is 4. The Bertz CT molecular complexity index is 179. The molecule has 4 heteroatoms. The van der Waals surface area contributed by atoms with Gasteiger partial charge in [-0.25, -0.2) is 0 Å². The molecule has 0 atom stereocenters. The van der Waals surface area contributed by atoms with Crippen molar-refractivity contribution in [1.29, 1.82) is 0 Å². The van der Waals surface area contributed by atoms with E-state index in [2.05, 4.69) is 50.5 Å². The van der Waals surface area contributed by atoms with Gasteiger partial charge in [-0.2, -0.15) is 50.5 Å². The lowest BCUT2D eigenvalue weighted by Gasteiger charge is -2.34. The summed E-state index contributed by atoms with van der Waals surface area (Å²) in [4.78, 5) is 0. The van der Waals surface area contributed by atoms with Crippen molar-refractivity contribution in [1.82, 2.24) is 0 Å². The van der Waals surface area contributed by atoms with Gasteiger partial charge < -0.3 is 0 Å². The molecule has 0 amide bonds. The minimum atomic E-state index is 0.874. The molecule has 1 fully saturated rings. The van der Waals surface area contributed by atoms with Crippen LogP contribution in [-0.4, -0.2) is 23.0 Å². The van der Waals surface area contributed by atoms with Crippen molar-refractivity contribution in [3.05, 3.63) is 0 Å². The Kier molecular flexibility index (Phi) is 11.6. The van der Waals surface area contributed by atoms with Crippen molar-refractivity contribution in [2.45, 2.75) is 51.4 Å². The Morgan fingerprint density at radius 2 is 0.650 bits per heavy atom. The molecule has 1 rings (SSSR count). The standard InChI is InChI=1S/C16H32S4/c17-5-1-13-9-14(2-6-18)11-16(4-8-20)12-15(10-13)3-7-19/h13-20H,1-12H2. The van der Waals surface area contributed by atoms with Gasteiger partial charge in [0, 0.05) is 0 Å². The fourth-order valence-electron chi connectivity index (χ4n) is 3.94. The highest BCUT2D eigenvalue weighted by Gasteiger charge is 2.27. The van der Waals surface area contributed by atoms with Gasteiger partial charge in [0.05, 0.1) is 0 Å². The van der Waals surface area contributed by atoms with Crippen molar-refractivity contribution in [2.24, 2.45) is 23.7 Å². The zero-order valence-electron chi connectivity index (χ0n) is 12.6. The molecule has 0 aromatic heterocycles. The first-order valence-corrected chi connectivity index (χ1v) is 10.7. The second-order valence-electron chi connectivity index (χ2n) is 6.46. The zero-order chi connectivity index (χ0) is 14.8. The van der Waals surface area contributed by atoms with Crippen LogP contribution in [0.15, 0.2) is 0 Å². The van der Waals surface area contributed by atoms with Crippen LogP contribution in [0, 0.1) is 23.7 Å². The van der Waals surface area contributed by atoms with Gasteiger partial charge in [-0.3, -0.25) is 0 Å². The molecule has 20 heavy (non-hydrogen) atoms. The fraction of sp³-hybridized carbons (Fsp3) is 1.00. The third-order valence-corrected chi connectivity index (χ3v) is 5.85. The molecule has 0 bridgehead atoms. The second kappa shape index (κ2) is 11.9. The molecule has 0 aromatic carbocycles. The molecule has 1 aliphatic rings. The van der Waals surface area contributed by atoms with Crippen LogP contribution in [0.2, 0.25) is 0 Å². The second-order valence-corrected chi connectivity index (χ2v) is 8.24. The Hall–Kier alpha value is 1.40. The molecule has 0 radical (unpaired) electrons. The summed E-state index contributed by atoms with van der Waals surface area (Å²) in [6, 6.07) is 0. The Morgan fingerprint density at radius 1 is 0.450 bits per heavy atom. The lowest BCUT2D eigenvalue weighted by atomic mass is 9.72. The molecule has 0 heterocycles. The first-order chi connectivity index (χ1) is 9.73. The van der Waals surface area contributed by atoms with Crippen molar-refractivity contribution in [3.63, 3.8) is 0 Å². The molecule has 1 aliphatic carbocycles. The highest BCUT2D eigenvalue weighted by Crippen LogP contribution is 2.39. The van der Waals surface area contributed by atoms with E-state index in [1.165, 1.54) is 51.4 Å². The third kappa shape index (κ3) is 7.60. The molecule has 0 nitrogen and oxygen atoms in total. The van der Waals surface area contributed by atoms with Crippen molar-refractivity contribution >= 4 is 50.5 Å². The Morgan fingerprint density at radius 3 is 0.800 bits per heavy atom. The maximum Gasteiger partial charge on any atom is -0.00953 e. The number of thiol groups is 4. The predicted molar refractivity (Wildman–Crippen MR) is 106 cm³/mol. The molecule has 0 spiro atoms. The highest BCUT2D eigenvalue weighted by molar-refractivity contribution is 7.80. The Balaban J connectivity index is 2.67. The minimum Gasteiger partial charge on any atom is -0.179 e. The molecule has 0 N–H and O–H groups in total. The van der Waals surface area contributed by atoms with Gasteiger partial charge in [-0.1, -0.05) is 0 Å². The van der Waals surface area contributed by atoms with Crippen LogP contribution in [0.25, 0.3) is 0 Å². The van der Waals surface area contributed by atoms with E-state index in [4.69, 9.17) is 0 Å². The van der Waals surface area contributed by atoms with Crippen molar-refractivity contribution in [3.8, 4) is 0 Å². The van der Waals surface area contributed by atoms with Gasteiger partial charge in [0.2, 0.25) is 0 Å². The first-order valence-electron chi connectivity index (χ1n) is 8.16. The predicted octanol–water partition coefficient (Wildman–Crippen LogP) is 5.30. The molecule has 120 valence electrons. The van der Waals surface area contributed by atoms with Gasteiger partial charge in [-0.05, 0) is 98.0 Å². The molecule has 0 saturated heterocycles. The maximum atomic E-state index is 4.47. The lowest BCUT2D eigenvalue weighted by Crippen LogP contribution is -2.24. The van der Waals surface area contributed by atoms with Crippen LogP contribution < -0.4 is 0 Å². The summed E-state index contributed by atoms with van der Waals surface area (Å²) >= 11 is 17.9. The van der Waals surface area contributed by atoms with Gasteiger partial charge in [0.25, 0.3) is 0 Å². The molecular weight excluding hydrogens is 320 g/mol. The van der Waals surface area contributed by atoms with Crippen LogP contribution in [0.3, 0.4) is 0 Å². The van der Waals surface area contributed by atoms with Crippen molar-refractivity contribution in [2.75, 3.05) is 23.0 Å². The molecule has 1 saturated carbocycles. The molecule has 0 aliphatic heterocycles. The Labute approximate surface area is 148 Å². The van der Waals surface area contributed by atoms with E-state index in [1.807, 2.05) is 0 Å². The van der Waals surface area contributed by atoms with Crippen LogP contribution in [0.5, 0.6) is 0 Å². The van der Waals surface area contributed by atoms with Crippen LogP contribution >= 0.6 is 50.5 Å². The largest absolute Gasteiger partial charge is 0.179 e. The van der Waals surface area contributed by atoms with Gasteiger partial charge >= 0.3 is 0 Å². The van der Waals surface area contributed by atoms with E-state index >= 15 is 0 Å². The van der Waals surface area contributed by atoms with E-state index in [-0.39, 0.29) is 0 Å². The number of hydrogen-bond acceptors (Lipinski definition) is 4. The monoisotopic (exact) mass is 352 g/mol. The van der Waals surface area contributed by atoms with Crippen molar-refractivity contribution < 1.29 is 0 Å². The van der Waals surface area contributed by atoms with Gasteiger partial charge in [-0.15, -0.1) is 0 Å². The van der Waals surface area contributed by atoms with E-state index in [0.29, 0.717) is 0 Å². The van der Waals surface area contributed by atoms with Gasteiger partial charge in [0.1, 0.15) is 0 Å². The molecule has 0 aromatic rings. The summed E-state index contributed by atoms with van der Waals surface area (Å²) in [6.07, 6.45) is 10.7. The maximum absolute atomic E-state index is 4.47. The van der Waals surface area contributed by atoms with E-state index in [1.54, 1.807) is 0 Å². The van der Waals surface area contributed by atoms with E-state index in [0.717, 1.165) is 46.7 Å². The summed E-state index contributed by atoms with van der Waals surface area (Å²) in [5, 5.41) is 0. The average molecular weight is 353 g/mol. The van der Waals surface area contributed by atoms with Crippen LogP contribution in [-0.2, 0) is 0 Å². The van der Waals surface area contributed by atoms with Gasteiger partial charge in [0.15, 0.2) is 0 Å². The number of rotatable bonds is 8. The third-order valence-electron chi connectivity index (χ3n) is 4.82.